The summed E-state index contributed by atoms with van der Waals surface area (Å²) < 4.78 is 59.4. The molecule has 494 valence electrons. The highest BCUT2D eigenvalue weighted by atomic mass is 16.8. The van der Waals surface area contributed by atoms with E-state index in [1.807, 2.05) is 6.92 Å². The van der Waals surface area contributed by atoms with Crippen LogP contribution in [0.5, 0.6) is 0 Å². The molecule has 0 aromatic rings. The Morgan fingerprint density at radius 3 is 1.74 bits per heavy atom. The maximum Gasteiger partial charge on any atom is 0.317 e. The Hall–Kier alpha value is -1.79. The summed E-state index contributed by atoms with van der Waals surface area (Å²) in [6, 6.07) is 0. The Bertz CT molecular complexity index is 2420. The predicted octanol–water partition coefficient (Wildman–Crippen LogP) is -3.58. The molecule has 27 nitrogen and oxygen atoms in total. The highest BCUT2D eigenvalue weighted by Crippen LogP contribution is 2.76. The van der Waals surface area contributed by atoms with Crippen molar-refractivity contribution < 1.29 is 134 Å². The minimum atomic E-state index is -1.99. The van der Waals surface area contributed by atoms with Gasteiger partial charge >= 0.3 is 5.97 Å². The summed E-state index contributed by atoms with van der Waals surface area (Å²) in [4.78, 5) is 15.6. The van der Waals surface area contributed by atoms with Crippen molar-refractivity contribution in [2.75, 3.05) is 19.8 Å². The molecule has 0 aromatic carbocycles. The summed E-state index contributed by atoms with van der Waals surface area (Å²) in [5.41, 5.74) is -4.01. The van der Waals surface area contributed by atoms with Gasteiger partial charge in [-0.05, 0) is 112 Å². The van der Waals surface area contributed by atoms with Gasteiger partial charge < -0.3 is 129 Å². The third-order valence-corrected chi connectivity index (χ3v) is 23.1. The van der Waals surface area contributed by atoms with E-state index in [1.54, 1.807) is 0 Å². The molecule has 0 aromatic heterocycles. The first-order valence-electron chi connectivity index (χ1n) is 30.7. The number of carbonyl (C=O) groups excluding carboxylic acids is 1. The predicted molar refractivity (Wildman–Crippen MR) is 289 cm³/mol. The second kappa shape index (κ2) is 24.3. The fourth-order valence-corrected chi connectivity index (χ4v) is 17.8. The smallest absolute Gasteiger partial charge is 0.317 e. The monoisotopic (exact) mass is 1240 g/mol. The maximum absolute atomic E-state index is 15.6. The number of aliphatic hydroxyl groups is 16. The van der Waals surface area contributed by atoms with E-state index >= 15 is 4.79 Å². The molecule has 4 saturated carbocycles. The van der Waals surface area contributed by atoms with Crippen molar-refractivity contribution in [2.45, 2.75) is 279 Å². The fourth-order valence-electron chi connectivity index (χ4n) is 17.8. The van der Waals surface area contributed by atoms with E-state index in [4.69, 9.17) is 47.4 Å². The molecule has 86 heavy (non-hydrogen) atoms. The topological polar surface area (TPSA) is 433 Å². The first-order valence-corrected chi connectivity index (χ1v) is 30.7. The SMILES string of the molecule is C[C@@H]1O[C@@H](O[C@@H]2[C@@H](O)[C@H](O[C@@H]3[C@@H](O)[C@@H](O)[C@H](O[C@H]4[C@H](OC(=O)[C@]56CCC(C)(C)C[C@@H]5C5=CC[C@@H]7[C@@]8(C)C[C@H](O)[C@H](O[C@@H]9O[C@H](CO)[C@@H](O)[C@H](O)[C@H]9O)[C@@](C)(CO)C8CC[C@@]7(C)[C@]5(C)C[C@H]6O)O[C@H](C)[C@H](O)[C@@H]4O)O[C@H]3C)OC[C@H]2O)[C@H](O)[C@H](O)[C@H]1O. The number of ether oxygens (including phenoxy) is 10. The fraction of sp³-hybridized carbons (Fsp3) is 0.949. The van der Waals surface area contributed by atoms with Crippen LogP contribution in [0.2, 0.25) is 0 Å². The molecule has 27 heteroatoms. The summed E-state index contributed by atoms with van der Waals surface area (Å²) in [7, 11) is 0. The Labute approximate surface area is 499 Å². The van der Waals surface area contributed by atoms with Gasteiger partial charge in [0, 0.05) is 5.41 Å². The molecule has 10 aliphatic rings. The quantitative estimate of drug-likeness (QED) is 0.0510. The number of hydrogen-bond acceptors (Lipinski definition) is 27. The van der Waals surface area contributed by atoms with Gasteiger partial charge in [-0.1, -0.05) is 53.2 Å². The summed E-state index contributed by atoms with van der Waals surface area (Å²) in [5.74, 6) is -1.85. The lowest BCUT2D eigenvalue weighted by molar-refractivity contribution is -0.380. The van der Waals surface area contributed by atoms with Crippen LogP contribution in [0.3, 0.4) is 0 Å². The van der Waals surface area contributed by atoms with Gasteiger partial charge in [0.1, 0.15) is 97.0 Å². The van der Waals surface area contributed by atoms with Crippen LogP contribution in [0.1, 0.15) is 114 Å². The average molecular weight is 1240 g/mol. The Balaban J connectivity index is 0.865. The molecule has 5 saturated heterocycles. The van der Waals surface area contributed by atoms with Crippen LogP contribution in [0.4, 0.5) is 0 Å². The second-order valence-electron chi connectivity index (χ2n) is 28.7. The summed E-state index contributed by atoms with van der Waals surface area (Å²) in [5, 5.41) is 178. The minimum Gasteiger partial charge on any atom is -0.432 e. The molecule has 0 amide bonds. The van der Waals surface area contributed by atoms with Crippen molar-refractivity contribution in [3.63, 3.8) is 0 Å². The molecule has 16 N–H and O–H groups in total. The van der Waals surface area contributed by atoms with Gasteiger partial charge in [-0.25, -0.2) is 0 Å². The molecule has 1 unspecified atom stereocenters. The lowest BCUT2D eigenvalue weighted by Gasteiger charge is -2.72. The molecule has 35 atom stereocenters. The van der Waals surface area contributed by atoms with Gasteiger partial charge in [0.05, 0.1) is 56.4 Å². The van der Waals surface area contributed by atoms with Gasteiger partial charge in [-0.15, -0.1) is 0 Å². The molecule has 10 rings (SSSR count). The lowest BCUT2D eigenvalue weighted by atomic mass is 9.33. The molecule has 5 heterocycles. The van der Waals surface area contributed by atoms with Gasteiger partial charge in [0.25, 0.3) is 0 Å². The van der Waals surface area contributed by atoms with Crippen LogP contribution < -0.4 is 0 Å². The normalized spacial score (nSPS) is 56.5. The zero-order chi connectivity index (χ0) is 63.0. The van der Waals surface area contributed by atoms with E-state index in [0.717, 1.165) is 5.57 Å². The van der Waals surface area contributed by atoms with Gasteiger partial charge in [-0.2, -0.15) is 0 Å². The zero-order valence-corrected chi connectivity index (χ0v) is 50.3. The zero-order valence-electron chi connectivity index (χ0n) is 50.3. The van der Waals surface area contributed by atoms with Crippen LogP contribution in [-0.2, 0) is 52.2 Å². The third-order valence-electron chi connectivity index (χ3n) is 23.1. The van der Waals surface area contributed by atoms with Crippen molar-refractivity contribution in [1.29, 1.82) is 0 Å². The molecule has 0 bridgehead atoms. The summed E-state index contributed by atoms with van der Waals surface area (Å²) in [6.07, 6.45) is -36.8. The van der Waals surface area contributed by atoms with Crippen molar-refractivity contribution in [3.05, 3.63) is 11.6 Å². The average Bonchev–Trinajstić information content (AvgIpc) is 0.673. The van der Waals surface area contributed by atoms with Crippen LogP contribution >= 0.6 is 0 Å². The Morgan fingerprint density at radius 1 is 0.547 bits per heavy atom. The molecular weight excluding hydrogens is 1140 g/mol. The molecular formula is C59H96O27. The highest BCUT2D eigenvalue weighted by molar-refractivity contribution is 5.80. The van der Waals surface area contributed by atoms with Crippen molar-refractivity contribution in [3.8, 4) is 0 Å². The van der Waals surface area contributed by atoms with Gasteiger partial charge in [0.15, 0.2) is 31.3 Å². The first-order chi connectivity index (χ1) is 40.2. The van der Waals surface area contributed by atoms with E-state index in [1.165, 1.54) is 20.8 Å². The lowest BCUT2D eigenvalue weighted by Crippen LogP contribution is -2.70. The number of esters is 1. The van der Waals surface area contributed by atoms with Gasteiger partial charge in [0.2, 0.25) is 6.29 Å². The maximum atomic E-state index is 15.6. The standard InChI is InChI=1S/C59H96O27/c1-22-33(65)36(68)40(72)49(78-22)83-45-28(63)20-77-48(43(45)75)82-44-24(3)80-50(42(74)39(44)71)84-46-38(70)34(66)23(2)79-52(46)86-53(76)59-15-14-54(4,5)16-26(59)25-10-11-31-55(6)17-27(62)47(85-51-41(73)37(69)35(67)29(19-60)81-51)56(7,21-61)30(55)12-13-57(31,8)58(25,9)18-32(59)64/h10,22-24,26-52,60-75H,11-21H2,1-9H3/t22-,23+,24-,26+,27-,28+,29+,30?,31+,32+,33-,34-,35+,36+,37-,38-,39-,40+,41+,42+,43+,44-,45-,46+,47-,48-,49-,50-,51-,52-,55-,56-,57+,58+,59+/m0/s1. The van der Waals surface area contributed by atoms with E-state index in [2.05, 4.69) is 40.7 Å². The Morgan fingerprint density at radius 2 is 1.10 bits per heavy atom. The van der Waals surface area contributed by atoms with Crippen molar-refractivity contribution in [1.82, 2.24) is 0 Å². The second-order valence-corrected chi connectivity index (χ2v) is 28.7. The van der Waals surface area contributed by atoms with Crippen molar-refractivity contribution in [2.24, 2.45) is 50.2 Å². The molecule has 9 fully saturated rings. The van der Waals surface area contributed by atoms with Gasteiger partial charge in [-0.3, -0.25) is 4.79 Å². The molecule has 5 aliphatic heterocycles. The number of aliphatic hydroxyl groups excluding tert-OH is 16. The van der Waals surface area contributed by atoms with E-state index in [0.29, 0.717) is 32.1 Å². The van der Waals surface area contributed by atoms with Crippen LogP contribution in [0.25, 0.3) is 0 Å². The number of carbonyl (C=O) groups is 1. The first kappa shape index (κ1) is 67.1. The van der Waals surface area contributed by atoms with Crippen LogP contribution in [0.15, 0.2) is 11.6 Å². The third kappa shape index (κ3) is 10.8. The Kier molecular flexibility index (Phi) is 18.9. The van der Waals surface area contributed by atoms with Crippen LogP contribution in [-0.4, -0.2) is 273 Å². The van der Waals surface area contributed by atoms with E-state index < -0.39 is 225 Å². The molecule has 0 spiro atoms. The molecule has 5 aliphatic carbocycles. The number of rotatable bonds is 12. The largest absolute Gasteiger partial charge is 0.432 e. The van der Waals surface area contributed by atoms with Crippen LogP contribution in [0, 0.1) is 50.2 Å². The summed E-state index contributed by atoms with van der Waals surface area (Å²) in [6.45, 7) is 15.2. The minimum absolute atomic E-state index is 0.120. The van der Waals surface area contributed by atoms with Crippen molar-refractivity contribution >= 4 is 5.97 Å². The number of allylic oxidation sites excluding steroid dienone is 2. The summed E-state index contributed by atoms with van der Waals surface area (Å²) >= 11 is 0. The molecule has 0 radical (unpaired) electrons. The number of hydrogen-bond donors (Lipinski definition) is 16. The highest BCUT2D eigenvalue weighted by Gasteiger charge is 2.73. The van der Waals surface area contributed by atoms with E-state index in [-0.39, 0.29) is 36.5 Å². The van der Waals surface area contributed by atoms with E-state index in [9.17, 15) is 81.7 Å². The number of fused-ring (bicyclic) bond motifs is 7.